The number of thioether (sulfide) groups is 1. The Kier molecular flexibility index (Phi) is 8.72. The van der Waals surface area contributed by atoms with Crippen LogP contribution in [-0.4, -0.2) is 52.5 Å². The van der Waals surface area contributed by atoms with Gasteiger partial charge in [0.05, 0.1) is 5.75 Å². The maximum absolute atomic E-state index is 11.9. The van der Waals surface area contributed by atoms with Crippen LogP contribution in [0.25, 0.3) is 0 Å². The second kappa shape index (κ2) is 11.0. The Hall–Kier alpha value is -2.13. The van der Waals surface area contributed by atoms with E-state index in [-0.39, 0.29) is 18.3 Å². The van der Waals surface area contributed by atoms with Gasteiger partial charge in [-0.3, -0.25) is 14.4 Å². The van der Waals surface area contributed by atoms with Crippen LogP contribution in [-0.2, 0) is 19.1 Å². The number of hydrogen-bond acceptors (Lipinski definition) is 6. The molecule has 0 saturated carbocycles. The zero-order chi connectivity index (χ0) is 20.5. The smallest absolute Gasteiger partial charge is 0.316 e. The van der Waals surface area contributed by atoms with Crippen LogP contribution in [0.5, 0.6) is 0 Å². The summed E-state index contributed by atoms with van der Waals surface area (Å²) >= 11 is 6.64. The summed E-state index contributed by atoms with van der Waals surface area (Å²) in [6.07, 6.45) is 2.22. The van der Waals surface area contributed by atoms with Gasteiger partial charge in [0.15, 0.2) is 6.61 Å². The van der Waals surface area contributed by atoms with Gasteiger partial charge in [-0.2, -0.15) is 0 Å². The first kappa shape index (κ1) is 22.2. The normalized spacial score (nSPS) is 14.3. The van der Waals surface area contributed by atoms with Gasteiger partial charge >= 0.3 is 5.97 Å². The van der Waals surface area contributed by atoms with E-state index in [2.05, 4.69) is 22.5 Å². The molecule has 0 aromatic heterocycles. The van der Waals surface area contributed by atoms with Crippen LogP contribution in [0, 0.1) is 5.92 Å². The number of anilines is 2. The minimum atomic E-state index is -0.478. The Morgan fingerprint density at radius 1 is 1.14 bits per heavy atom. The van der Waals surface area contributed by atoms with Crippen molar-refractivity contribution in [2.24, 2.45) is 5.92 Å². The van der Waals surface area contributed by atoms with E-state index in [1.165, 1.54) is 18.7 Å². The van der Waals surface area contributed by atoms with Gasteiger partial charge in [-0.15, -0.1) is 0 Å². The van der Waals surface area contributed by atoms with Gasteiger partial charge < -0.3 is 20.3 Å². The molecular formula is C19H25N3O4S2. The molecule has 28 heavy (non-hydrogen) atoms. The minimum absolute atomic E-state index is 0.0869. The van der Waals surface area contributed by atoms with Gasteiger partial charge in [-0.05, 0) is 43.0 Å². The maximum atomic E-state index is 11.9. The number of nitrogens with zero attached hydrogens (tertiary/aromatic N) is 1. The van der Waals surface area contributed by atoms with Crippen LogP contribution in [0.15, 0.2) is 24.3 Å². The number of carbonyl (C=O) groups excluding carboxylic acids is 3. The van der Waals surface area contributed by atoms with Crippen LogP contribution in [0.3, 0.4) is 0 Å². The predicted octanol–water partition coefficient (Wildman–Crippen LogP) is 2.88. The molecule has 1 aromatic rings. The lowest BCUT2D eigenvalue weighted by atomic mass is 10.00. The quantitative estimate of drug-likeness (QED) is 0.537. The predicted molar refractivity (Wildman–Crippen MR) is 115 cm³/mol. The molecule has 1 saturated heterocycles. The number of ether oxygens (including phenoxy) is 1. The monoisotopic (exact) mass is 423 g/mol. The van der Waals surface area contributed by atoms with Crippen LogP contribution in [0.4, 0.5) is 11.4 Å². The summed E-state index contributed by atoms with van der Waals surface area (Å²) in [5, 5.41) is 5.27. The molecule has 2 N–H and O–H groups in total. The summed E-state index contributed by atoms with van der Waals surface area (Å²) in [4.78, 5) is 36.8. The highest BCUT2D eigenvalue weighted by Crippen LogP contribution is 2.20. The summed E-state index contributed by atoms with van der Waals surface area (Å²) < 4.78 is 5.70. The lowest BCUT2D eigenvalue weighted by molar-refractivity contribution is -0.144. The van der Waals surface area contributed by atoms with Gasteiger partial charge in [0.2, 0.25) is 5.91 Å². The molecule has 2 amide bonds. The molecule has 152 valence electrons. The van der Waals surface area contributed by atoms with Crippen LogP contribution in [0.2, 0.25) is 0 Å². The van der Waals surface area contributed by atoms with E-state index in [4.69, 9.17) is 17.0 Å². The third-order valence-corrected chi connectivity index (χ3v) is 5.71. The summed E-state index contributed by atoms with van der Waals surface area (Å²) in [6.45, 7) is 5.13. The molecule has 7 nitrogen and oxygen atoms in total. The summed E-state index contributed by atoms with van der Waals surface area (Å²) in [7, 11) is 0. The molecular weight excluding hydrogens is 398 g/mol. The molecule has 0 radical (unpaired) electrons. The number of rotatable bonds is 6. The number of nitrogens with one attached hydrogen (secondary N) is 2. The minimum Gasteiger partial charge on any atom is -0.455 e. The molecule has 0 atom stereocenters. The van der Waals surface area contributed by atoms with Crippen molar-refractivity contribution in [1.82, 2.24) is 4.90 Å². The molecule has 0 aliphatic carbocycles. The molecule has 0 unspecified atom stereocenters. The second-order valence-corrected chi connectivity index (χ2v) is 8.30. The third kappa shape index (κ3) is 7.85. The number of hydrogen-bond donors (Lipinski definition) is 2. The van der Waals surface area contributed by atoms with Crippen molar-refractivity contribution < 1.29 is 19.1 Å². The fourth-order valence-electron chi connectivity index (χ4n) is 2.63. The molecule has 1 aliphatic heterocycles. The Morgan fingerprint density at radius 3 is 2.29 bits per heavy atom. The standard InChI is InChI=1S/C19H25N3O4S2/c1-13-7-9-22(10-8-13)19(27)28-12-18(25)26-11-17(24)21-16-5-3-15(4-6-16)20-14(2)23/h3-6,13H,7-12H2,1-2H3,(H,20,23)(H,21,24). The molecule has 0 bridgehead atoms. The average molecular weight is 424 g/mol. The molecule has 9 heteroatoms. The molecule has 2 rings (SSSR count). The van der Waals surface area contributed by atoms with Gasteiger partial charge in [-0.25, -0.2) is 0 Å². The third-order valence-electron chi connectivity index (χ3n) is 4.21. The van der Waals surface area contributed by atoms with Crippen molar-refractivity contribution in [3.05, 3.63) is 24.3 Å². The van der Waals surface area contributed by atoms with Crippen molar-refractivity contribution in [2.75, 3.05) is 36.1 Å². The number of benzene rings is 1. The fraction of sp³-hybridized carbons (Fsp3) is 0.474. The average Bonchev–Trinajstić information content (AvgIpc) is 2.66. The molecule has 0 spiro atoms. The van der Waals surface area contributed by atoms with Crippen molar-refractivity contribution in [2.45, 2.75) is 26.7 Å². The van der Waals surface area contributed by atoms with Crippen LogP contribution in [0.1, 0.15) is 26.7 Å². The number of thiocarbonyl (C=S) groups is 1. The highest BCUT2D eigenvalue weighted by Gasteiger charge is 2.19. The largest absolute Gasteiger partial charge is 0.455 e. The topological polar surface area (TPSA) is 87.7 Å². The van der Waals surface area contributed by atoms with Gasteiger partial charge in [-0.1, -0.05) is 30.9 Å². The van der Waals surface area contributed by atoms with Crippen molar-refractivity contribution in [3.8, 4) is 0 Å². The van der Waals surface area contributed by atoms with Crippen molar-refractivity contribution in [1.29, 1.82) is 0 Å². The van der Waals surface area contributed by atoms with E-state index >= 15 is 0 Å². The highest BCUT2D eigenvalue weighted by atomic mass is 32.2. The Bertz CT molecular complexity index is 716. The van der Waals surface area contributed by atoms with Gasteiger partial charge in [0, 0.05) is 31.4 Å². The number of piperidine rings is 1. The van der Waals surface area contributed by atoms with Crippen LogP contribution >= 0.6 is 24.0 Å². The van der Waals surface area contributed by atoms with Gasteiger partial charge in [0.25, 0.3) is 5.91 Å². The first-order valence-electron chi connectivity index (χ1n) is 9.08. The lowest BCUT2D eigenvalue weighted by Crippen LogP contribution is -2.35. The van der Waals surface area contributed by atoms with Crippen molar-refractivity contribution >= 4 is 57.5 Å². The molecule has 1 aromatic carbocycles. The Morgan fingerprint density at radius 2 is 1.71 bits per heavy atom. The summed E-state index contributed by atoms with van der Waals surface area (Å²) in [5.41, 5.74) is 1.18. The SMILES string of the molecule is CC(=O)Nc1ccc(NC(=O)COC(=O)CSC(=S)N2CCC(C)CC2)cc1. The Labute approximate surface area is 174 Å². The lowest BCUT2D eigenvalue weighted by Gasteiger charge is -2.31. The Balaban J connectivity index is 1.65. The first-order valence-corrected chi connectivity index (χ1v) is 10.5. The van der Waals surface area contributed by atoms with Crippen LogP contribution < -0.4 is 10.6 Å². The van der Waals surface area contributed by atoms with E-state index in [9.17, 15) is 14.4 Å². The zero-order valence-electron chi connectivity index (χ0n) is 16.0. The molecule has 1 fully saturated rings. The molecule has 1 heterocycles. The fourth-order valence-corrected chi connectivity index (χ4v) is 3.68. The maximum Gasteiger partial charge on any atom is 0.316 e. The number of carbonyl (C=O) groups is 3. The van der Waals surface area contributed by atoms with E-state index in [0.717, 1.165) is 25.9 Å². The number of likely N-dealkylation sites (tertiary alicyclic amines) is 1. The summed E-state index contributed by atoms with van der Waals surface area (Å²) in [6, 6.07) is 6.64. The summed E-state index contributed by atoms with van der Waals surface area (Å²) in [5.74, 6) is -0.277. The van der Waals surface area contributed by atoms with Gasteiger partial charge in [0.1, 0.15) is 4.32 Å². The second-order valence-electron chi connectivity index (χ2n) is 6.69. The van der Waals surface area contributed by atoms with E-state index in [1.807, 2.05) is 0 Å². The number of esters is 1. The first-order chi connectivity index (χ1) is 13.3. The highest BCUT2D eigenvalue weighted by molar-refractivity contribution is 8.23. The molecule has 1 aliphatic rings. The van der Waals surface area contributed by atoms with E-state index in [1.54, 1.807) is 24.3 Å². The van der Waals surface area contributed by atoms with Crippen molar-refractivity contribution in [3.63, 3.8) is 0 Å². The van der Waals surface area contributed by atoms with E-state index < -0.39 is 11.9 Å². The number of amides is 2. The zero-order valence-corrected chi connectivity index (χ0v) is 17.7. The van der Waals surface area contributed by atoms with E-state index in [0.29, 0.717) is 21.6 Å².